The van der Waals surface area contributed by atoms with Gasteiger partial charge in [-0.3, -0.25) is 0 Å². The Labute approximate surface area is 123 Å². The molecule has 1 heterocycles. The second-order valence-corrected chi connectivity index (χ2v) is 6.48. The predicted octanol–water partition coefficient (Wildman–Crippen LogP) is 4.29. The van der Waals surface area contributed by atoms with Gasteiger partial charge in [-0.25, -0.2) is 0 Å². The normalized spacial score (nSPS) is 19.1. The molecule has 2 aromatic rings. The van der Waals surface area contributed by atoms with Crippen LogP contribution < -0.4 is 5.32 Å². The Bertz CT molecular complexity index is 522. The Balaban J connectivity index is 1.69. The fourth-order valence-corrected chi connectivity index (χ4v) is 3.08. The fourth-order valence-electron chi connectivity index (χ4n) is 2.21. The maximum Gasteiger partial charge on any atom is 0.0451 e. The van der Waals surface area contributed by atoms with E-state index in [2.05, 4.69) is 47.8 Å². The first-order valence-corrected chi connectivity index (χ1v) is 7.90. The van der Waals surface area contributed by atoms with Crippen molar-refractivity contribution in [3.8, 4) is 0 Å². The lowest BCUT2D eigenvalue weighted by Crippen LogP contribution is -2.24. The standard InChI is InChI=1S/C16H16ClNS/c17-14-8-6-13(7-9-14)16(15-11-19-15)18-10-12-4-2-1-3-5-12/h1-9,15-16,18H,10-11H2/t15-,16+/m0/s1. The van der Waals surface area contributed by atoms with Gasteiger partial charge < -0.3 is 5.32 Å². The number of rotatable bonds is 5. The lowest BCUT2D eigenvalue weighted by Gasteiger charge is -2.18. The maximum atomic E-state index is 5.96. The molecule has 1 N–H and O–H groups in total. The van der Waals surface area contributed by atoms with E-state index >= 15 is 0 Å². The molecule has 0 bridgehead atoms. The van der Waals surface area contributed by atoms with Crippen LogP contribution in [0.5, 0.6) is 0 Å². The predicted molar refractivity (Wildman–Crippen MR) is 83.7 cm³/mol. The van der Waals surface area contributed by atoms with Gasteiger partial charge in [0.05, 0.1) is 0 Å². The van der Waals surface area contributed by atoms with Gasteiger partial charge in [0.2, 0.25) is 0 Å². The zero-order valence-electron chi connectivity index (χ0n) is 10.6. The Morgan fingerprint density at radius 3 is 2.42 bits per heavy atom. The monoisotopic (exact) mass is 289 g/mol. The van der Waals surface area contributed by atoms with E-state index in [1.807, 2.05) is 23.9 Å². The first-order chi connectivity index (χ1) is 9.33. The molecule has 0 aromatic heterocycles. The summed E-state index contributed by atoms with van der Waals surface area (Å²) in [6.45, 7) is 0.908. The highest BCUT2D eigenvalue weighted by atomic mass is 35.5. The molecule has 0 spiro atoms. The molecule has 98 valence electrons. The molecule has 1 saturated heterocycles. The molecule has 0 aliphatic carbocycles. The van der Waals surface area contributed by atoms with Crippen molar-refractivity contribution in [2.24, 2.45) is 0 Å². The maximum absolute atomic E-state index is 5.96. The summed E-state index contributed by atoms with van der Waals surface area (Å²) in [5.41, 5.74) is 2.66. The average molecular weight is 290 g/mol. The molecule has 2 aromatic carbocycles. The summed E-state index contributed by atoms with van der Waals surface area (Å²) < 4.78 is 0. The molecule has 0 amide bonds. The van der Waals surface area contributed by atoms with Crippen LogP contribution in [-0.4, -0.2) is 11.0 Å². The molecule has 0 saturated carbocycles. The van der Waals surface area contributed by atoms with Crippen LogP contribution in [0, 0.1) is 0 Å². The molecule has 19 heavy (non-hydrogen) atoms. The summed E-state index contributed by atoms with van der Waals surface area (Å²) in [5, 5.41) is 5.17. The van der Waals surface area contributed by atoms with Crippen LogP contribution in [0.4, 0.5) is 0 Å². The van der Waals surface area contributed by atoms with Crippen LogP contribution in [0.2, 0.25) is 5.02 Å². The van der Waals surface area contributed by atoms with Crippen LogP contribution in [0.1, 0.15) is 17.2 Å². The zero-order chi connectivity index (χ0) is 13.1. The number of halogens is 1. The highest BCUT2D eigenvalue weighted by molar-refractivity contribution is 8.06. The smallest absolute Gasteiger partial charge is 0.0451 e. The van der Waals surface area contributed by atoms with Gasteiger partial charge in [-0.1, -0.05) is 54.1 Å². The van der Waals surface area contributed by atoms with E-state index in [-0.39, 0.29) is 0 Å². The summed E-state index contributed by atoms with van der Waals surface area (Å²) in [6, 6.07) is 19.2. The number of hydrogen-bond acceptors (Lipinski definition) is 2. The lowest BCUT2D eigenvalue weighted by atomic mass is 10.0. The minimum Gasteiger partial charge on any atom is -0.305 e. The topological polar surface area (TPSA) is 12.0 Å². The second-order valence-electron chi connectivity index (χ2n) is 4.77. The lowest BCUT2D eigenvalue weighted by molar-refractivity contribution is 0.549. The van der Waals surface area contributed by atoms with Crippen molar-refractivity contribution in [2.45, 2.75) is 17.8 Å². The minimum absolute atomic E-state index is 0.419. The molecular weight excluding hydrogens is 274 g/mol. The van der Waals surface area contributed by atoms with Crippen molar-refractivity contribution in [1.82, 2.24) is 5.32 Å². The highest BCUT2D eigenvalue weighted by Crippen LogP contribution is 2.40. The van der Waals surface area contributed by atoms with Gasteiger partial charge in [0, 0.05) is 28.6 Å². The summed E-state index contributed by atoms with van der Waals surface area (Å²) in [5.74, 6) is 1.25. The first-order valence-electron chi connectivity index (χ1n) is 6.47. The molecule has 1 aliphatic heterocycles. The van der Waals surface area contributed by atoms with Crippen LogP contribution in [0.3, 0.4) is 0 Å². The molecule has 0 radical (unpaired) electrons. The number of thioether (sulfide) groups is 1. The van der Waals surface area contributed by atoms with Gasteiger partial charge in [0.25, 0.3) is 0 Å². The Morgan fingerprint density at radius 2 is 1.79 bits per heavy atom. The van der Waals surface area contributed by atoms with Crippen molar-refractivity contribution in [1.29, 1.82) is 0 Å². The van der Waals surface area contributed by atoms with E-state index in [4.69, 9.17) is 11.6 Å². The van der Waals surface area contributed by atoms with Crippen LogP contribution in [0.15, 0.2) is 54.6 Å². The van der Waals surface area contributed by atoms with E-state index in [0.29, 0.717) is 11.3 Å². The summed E-state index contributed by atoms with van der Waals surface area (Å²) in [4.78, 5) is 0. The molecule has 1 fully saturated rings. The summed E-state index contributed by atoms with van der Waals surface area (Å²) in [6.07, 6.45) is 0. The summed E-state index contributed by atoms with van der Waals surface area (Å²) >= 11 is 7.97. The largest absolute Gasteiger partial charge is 0.305 e. The van der Waals surface area contributed by atoms with Crippen LogP contribution in [0.25, 0.3) is 0 Å². The van der Waals surface area contributed by atoms with Gasteiger partial charge in [-0.2, -0.15) is 11.8 Å². The Kier molecular flexibility index (Phi) is 4.12. The Morgan fingerprint density at radius 1 is 1.11 bits per heavy atom. The minimum atomic E-state index is 0.419. The number of nitrogens with one attached hydrogen (secondary N) is 1. The first kappa shape index (κ1) is 13.0. The van der Waals surface area contributed by atoms with E-state index in [1.54, 1.807) is 0 Å². The third-order valence-electron chi connectivity index (χ3n) is 3.33. The zero-order valence-corrected chi connectivity index (χ0v) is 12.1. The number of hydrogen-bond donors (Lipinski definition) is 1. The van der Waals surface area contributed by atoms with E-state index < -0.39 is 0 Å². The molecule has 1 nitrogen and oxygen atoms in total. The molecule has 0 unspecified atom stereocenters. The summed E-state index contributed by atoms with van der Waals surface area (Å²) in [7, 11) is 0. The Hall–Kier alpha value is -0.960. The van der Waals surface area contributed by atoms with Gasteiger partial charge in [-0.15, -0.1) is 0 Å². The van der Waals surface area contributed by atoms with Crippen LogP contribution >= 0.6 is 23.4 Å². The van der Waals surface area contributed by atoms with Crippen molar-refractivity contribution >= 4 is 23.4 Å². The molecule has 3 rings (SSSR count). The molecule has 2 atom stereocenters. The van der Waals surface area contributed by atoms with Gasteiger partial charge in [0.15, 0.2) is 0 Å². The molecule has 1 aliphatic rings. The van der Waals surface area contributed by atoms with Crippen molar-refractivity contribution in [2.75, 3.05) is 5.75 Å². The van der Waals surface area contributed by atoms with Crippen molar-refractivity contribution in [3.05, 3.63) is 70.7 Å². The molecular formula is C16H16ClNS. The fraction of sp³-hybridized carbons (Fsp3) is 0.250. The quantitative estimate of drug-likeness (QED) is 0.824. The number of benzene rings is 2. The average Bonchev–Trinajstić information content (AvgIpc) is 3.27. The third kappa shape index (κ3) is 3.53. The van der Waals surface area contributed by atoms with Gasteiger partial charge >= 0.3 is 0 Å². The van der Waals surface area contributed by atoms with Gasteiger partial charge in [0.1, 0.15) is 0 Å². The SMILES string of the molecule is Clc1ccc([C@@H](NCc2ccccc2)[C@@H]2CS2)cc1. The van der Waals surface area contributed by atoms with E-state index in [9.17, 15) is 0 Å². The van der Waals surface area contributed by atoms with Gasteiger partial charge in [-0.05, 0) is 23.3 Å². The molecule has 3 heteroatoms. The van der Waals surface area contributed by atoms with E-state index in [0.717, 1.165) is 11.6 Å². The third-order valence-corrected chi connectivity index (χ3v) is 4.57. The highest BCUT2D eigenvalue weighted by Gasteiger charge is 2.32. The van der Waals surface area contributed by atoms with Crippen molar-refractivity contribution < 1.29 is 0 Å². The van der Waals surface area contributed by atoms with Crippen LogP contribution in [-0.2, 0) is 6.54 Å². The van der Waals surface area contributed by atoms with E-state index in [1.165, 1.54) is 16.9 Å². The van der Waals surface area contributed by atoms with Crippen molar-refractivity contribution in [3.63, 3.8) is 0 Å². The second kappa shape index (κ2) is 6.00.